The number of aryl methyl sites for hydroxylation is 2. The third-order valence-electron chi connectivity index (χ3n) is 2.92. The summed E-state index contributed by atoms with van der Waals surface area (Å²) >= 11 is 0. The van der Waals surface area contributed by atoms with Crippen LogP contribution in [0.25, 0.3) is 0 Å². The van der Waals surface area contributed by atoms with E-state index in [1.165, 1.54) is 12.1 Å². The van der Waals surface area contributed by atoms with Gasteiger partial charge in [-0.2, -0.15) is 0 Å². The van der Waals surface area contributed by atoms with Crippen LogP contribution in [0.2, 0.25) is 0 Å². The van der Waals surface area contributed by atoms with Gasteiger partial charge < -0.3 is 4.74 Å². The third-order valence-corrected chi connectivity index (χ3v) is 4.31. The highest BCUT2D eigenvalue weighted by molar-refractivity contribution is 7.90. The molecule has 1 aromatic heterocycles. The van der Waals surface area contributed by atoms with Crippen molar-refractivity contribution < 1.29 is 26.9 Å². The van der Waals surface area contributed by atoms with E-state index < -0.39 is 39.5 Å². The van der Waals surface area contributed by atoms with Crippen LogP contribution < -0.4 is 10.0 Å². The summed E-state index contributed by atoms with van der Waals surface area (Å²) in [7, 11) is -7.59. The number of benzene rings is 1. The van der Waals surface area contributed by atoms with Crippen molar-refractivity contribution in [1.29, 1.82) is 0 Å². The normalized spacial score (nSPS) is 13.1. The Morgan fingerprint density at radius 2 is 1.80 bits per heavy atom. The molecule has 0 bridgehead atoms. The maximum Gasteiger partial charge on any atom is 0.339 e. The zero-order valence-corrected chi connectivity index (χ0v) is 14.0. The van der Waals surface area contributed by atoms with Gasteiger partial charge in [0.05, 0.1) is 16.7 Å². The number of carbonyl (C=O) groups excluding carboxylic acids is 2. The first-order chi connectivity index (χ1) is 12.9. The molecular formula is C15H16N4O5S. The average Bonchev–Trinajstić information content (AvgIpc) is 2.51. The summed E-state index contributed by atoms with van der Waals surface area (Å²) in [5.41, 5.74) is 0.577. The van der Waals surface area contributed by atoms with Crippen molar-refractivity contribution in [3.05, 3.63) is 47.3 Å². The number of nitrogens with zero attached hydrogens (tertiary/aromatic N) is 2. The first-order valence-corrected chi connectivity index (χ1v) is 8.34. The molecule has 0 spiro atoms. The third kappa shape index (κ3) is 4.51. The Morgan fingerprint density at radius 1 is 1.16 bits per heavy atom. The first-order valence-electron chi connectivity index (χ1n) is 8.36. The molecule has 0 aliphatic carbocycles. The molecule has 1 heterocycles. The fourth-order valence-electron chi connectivity index (χ4n) is 2.01. The predicted octanol–water partition coefficient (Wildman–Crippen LogP) is 1.39. The van der Waals surface area contributed by atoms with Gasteiger partial charge >= 0.3 is 12.0 Å². The molecule has 0 aliphatic rings. The van der Waals surface area contributed by atoms with E-state index in [2.05, 4.69) is 20.0 Å². The van der Waals surface area contributed by atoms with Crippen molar-refractivity contribution in [3.8, 4) is 0 Å². The van der Waals surface area contributed by atoms with E-state index in [-0.39, 0.29) is 5.95 Å². The zero-order chi connectivity index (χ0) is 21.1. The zero-order valence-electron chi connectivity index (χ0n) is 16.2. The van der Waals surface area contributed by atoms with Crippen LogP contribution in [-0.4, -0.2) is 37.4 Å². The Balaban J connectivity index is 2.25. The number of sulfonamides is 1. The van der Waals surface area contributed by atoms with Crippen LogP contribution in [0.5, 0.6) is 0 Å². The number of aromatic nitrogens is 2. The van der Waals surface area contributed by atoms with Gasteiger partial charge in [0.2, 0.25) is 5.95 Å². The van der Waals surface area contributed by atoms with E-state index in [1.54, 1.807) is 24.6 Å². The molecule has 0 aliphatic heterocycles. The van der Waals surface area contributed by atoms with Crippen LogP contribution >= 0.6 is 0 Å². The Hall–Kier alpha value is -3.01. The summed E-state index contributed by atoms with van der Waals surface area (Å²) in [5, 5.41) is 2.18. The molecule has 0 unspecified atom stereocenters. The average molecular weight is 367 g/mol. The number of urea groups is 1. The van der Waals surface area contributed by atoms with Gasteiger partial charge in [-0.05, 0) is 32.0 Å². The summed E-state index contributed by atoms with van der Waals surface area (Å²) in [6.07, 6.45) is 0. The van der Waals surface area contributed by atoms with Crippen molar-refractivity contribution >= 4 is 28.0 Å². The number of rotatable bonds is 4. The molecule has 2 rings (SSSR count). The summed E-state index contributed by atoms with van der Waals surface area (Å²) < 4.78 is 51.8. The lowest BCUT2D eigenvalue weighted by atomic mass is 10.2. The molecule has 10 heteroatoms. The second kappa shape index (κ2) is 7.26. The minimum atomic E-state index is -4.53. The van der Waals surface area contributed by atoms with Gasteiger partial charge in [0, 0.05) is 11.4 Å². The van der Waals surface area contributed by atoms with Gasteiger partial charge in [0.15, 0.2) is 0 Å². The van der Waals surface area contributed by atoms with Crippen LogP contribution in [0.3, 0.4) is 0 Å². The summed E-state index contributed by atoms with van der Waals surface area (Å²) in [6, 6.07) is 5.20. The van der Waals surface area contributed by atoms with Gasteiger partial charge in [-0.15, -0.1) is 0 Å². The Labute approximate surface area is 148 Å². The number of nitrogens with one attached hydrogen (secondary N) is 2. The van der Waals surface area contributed by atoms with E-state index in [4.69, 9.17) is 4.11 Å². The molecule has 0 saturated carbocycles. The number of esters is 1. The molecule has 0 saturated heterocycles. The molecule has 25 heavy (non-hydrogen) atoms. The molecule has 132 valence electrons. The SMILES string of the molecule is [2H]C([2H])([2H])OC(=O)c1ccccc1S(=O)(=O)NC(=O)Nc1nc(C)cc(C)n1. The minimum absolute atomic E-state index is 0.111. The summed E-state index contributed by atoms with van der Waals surface area (Å²) in [4.78, 5) is 31.3. The number of hydrogen-bond donors (Lipinski definition) is 2. The van der Waals surface area contributed by atoms with Crippen molar-refractivity contribution in [2.45, 2.75) is 18.7 Å². The molecule has 2 amide bonds. The smallest absolute Gasteiger partial charge is 0.339 e. The quantitative estimate of drug-likeness (QED) is 0.782. The van der Waals surface area contributed by atoms with Gasteiger partial charge in [0.1, 0.15) is 4.90 Å². The van der Waals surface area contributed by atoms with Gasteiger partial charge in [-0.3, -0.25) is 5.32 Å². The highest BCUT2D eigenvalue weighted by Gasteiger charge is 2.24. The topological polar surface area (TPSA) is 127 Å². The van der Waals surface area contributed by atoms with Crippen molar-refractivity contribution in [1.82, 2.24) is 14.7 Å². The van der Waals surface area contributed by atoms with E-state index in [9.17, 15) is 18.0 Å². The van der Waals surface area contributed by atoms with Gasteiger partial charge in [-0.25, -0.2) is 32.7 Å². The molecule has 0 radical (unpaired) electrons. The van der Waals surface area contributed by atoms with Crippen LogP contribution in [0.1, 0.15) is 25.9 Å². The lowest BCUT2D eigenvalue weighted by molar-refractivity contribution is 0.0596. The monoisotopic (exact) mass is 367 g/mol. The summed E-state index contributed by atoms with van der Waals surface area (Å²) in [6.45, 7) is 3.34. The number of amides is 2. The number of methoxy groups -OCH3 is 1. The lowest BCUT2D eigenvalue weighted by Gasteiger charge is -2.11. The largest absolute Gasteiger partial charge is 0.465 e. The Bertz CT molecular complexity index is 1000. The maximum atomic E-state index is 12.5. The van der Waals surface area contributed by atoms with Crippen LogP contribution in [0, 0.1) is 13.8 Å². The fraction of sp³-hybridized carbons (Fsp3) is 0.200. The summed E-state index contributed by atoms with van der Waals surface area (Å²) in [5.74, 6) is -1.49. The molecule has 9 nitrogen and oxygen atoms in total. The van der Waals surface area contributed by atoms with Crippen molar-refractivity contribution in [3.63, 3.8) is 0 Å². The molecule has 0 fully saturated rings. The number of carbonyl (C=O) groups is 2. The molecule has 2 aromatic rings. The van der Waals surface area contributed by atoms with E-state index in [1.807, 2.05) is 0 Å². The molecule has 2 N–H and O–H groups in total. The molecule has 0 atom stereocenters. The Kier molecular flexibility index (Phi) is 4.17. The van der Waals surface area contributed by atoms with E-state index >= 15 is 0 Å². The first kappa shape index (κ1) is 14.3. The Morgan fingerprint density at radius 3 is 2.44 bits per heavy atom. The van der Waals surface area contributed by atoms with Crippen LogP contribution in [-0.2, 0) is 14.8 Å². The van der Waals surface area contributed by atoms with Crippen molar-refractivity contribution in [2.24, 2.45) is 0 Å². The molecular weight excluding hydrogens is 348 g/mol. The maximum absolute atomic E-state index is 12.5. The van der Waals surface area contributed by atoms with Gasteiger partial charge in [0.25, 0.3) is 10.0 Å². The lowest BCUT2D eigenvalue weighted by Crippen LogP contribution is -2.35. The van der Waals surface area contributed by atoms with Crippen LogP contribution in [0.4, 0.5) is 10.7 Å². The van der Waals surface area contributed by atoms with Gasteiger partial charge in [-0.1, -0.05) is 12.1 Å². The number of ether oxygens (including phenoxy) is 1. The van der Waals surface area contributed by atoms with E-state index in [0.29, 0.717) is 11.4 Å². The second-order valence-electron chi connectivity index (χ2n) is 4.92. The highest BCUT2D eigenvalue weighted by atomic mass is 32.2. The number of anilines is 1. The van der Waals surface area contributed by atoms with Crippen LogP contribution in [0.15, 0.2) is 35.2 Å². The molecule has 1 aromatic carbocycles. The standard InChI is InChI=1S/C15H16N4O5S/c1-9-8-10(2)17-14(16-9)18-15(21)19-25(22,23)12-7-5-4-6-11(12)13(20)24-3/h4-8H,1-3H3,(H2,16,17,18,19,21)/i3D3. The number of hydrogen-bond acceptors (Lipinski definition) is 7. The fourth-order valence-corrected chi connectivity index (χ4v) is 3.11. The van der Waals surface area contributed by atoms with Crippen molar-refractivity contribution in [2.75, 3.05) is 12.4 Å². The van der Waals surface area contributed by atoms with E-state index in [0.717, 1.165) is 12.1 Å². The highest BCUT2D eigenvalue weighted by Crippen LogP contribution is 2.16. The minimum Gasteiger partial charge on any atom is -0.465 e. The second-order valence-corrected chi connectivity index (χ2v) is 6.57. The predicted molar refractivity (Wildman–Crippen MR) is 88.6 cm³/mol.